The maximum atomic E-state index is 11.4. The van der Waals surface area contributed by atoms with Gasteiger partial charge in [-0.3, -0.25) is 4.79 Å². The van der Waals surface area contributed by atoms with Gasteiger partial charge in [-0.05, 0) is 18.1 Å². The summed E-state index contributed by atoms with van der Waals surface area (Å²) >= 11 is 0. The minimum atomic E-state index is -0.167. The first-order chi connectivity index (χ1) is 8.65. The van der Waals surface area contributed by atoms with Gasteiger partial charge in [0, 0.05) is 11.8 Å². The molecule has 0 spiro atoms. The Morgan fingerprint density at radius 1 is 1.22 bits per heavy atom. The molecule has 0 aliphatic carbocycles. The van der Waals surface area contributed by atoms with Crippen molar-refractivity contribution in [2.45, 2.75) is 26.9 Å². The summed E-state index contributed by atoms with van der Waals surface area (Å²) in [5.74, 6) is 0.155. The molecule has 0 amide bonds. The first-order valence-electron chi connectivity index (χ1n) is 6.15. The zero-order valence-electron chi connectivity index (χ0n) is 10.7. The van der Waals surface area contributed by atoms with E-state index in [4.69, 9.17) is 4.74 Å². The van der Waals surface area contributed by atoms with E-state index in [2.05, 4.69) is 4.98 Å². The lowest BCUT2D eigenvalue weighted by Gasteiger charge is -2.07. The molecule has 0 saturated heterocycles. The summed E-state index contributed by atoms with van der Waals surface area (Å²) in [7, 11) is 0. The third kappa shape index (κ3) is 3.29. The van der Waals surface area contributed by atoms with Gasteiger partial charge in [-0.1, -0.05) is 38.1 Å². The minimum Gasteiger partial charge on any atom is -0.459 e. The third-order valence-corrected chi connectivity index (χ3v) is 2.61. The third-order valence-electron chi connectivity index (χ3n) is 2.61. The quantitative estimate of drug-likeness (QED) is 0.773. The van der Waals surface area contributed by atoms with Crippen LogP contribution in [0.5, 0.6) is 0 Å². The van der Waals surface area contributed by atoms with Crippen LogP contribution in [0.2, 0.25) is 0 Å². The van der Waals surface area contributed by atoms with Crippen LogP contribution in [0.1, 0.15) is 26.0 Å². The minimum absolute atomic E-state index is 0.167. The van der Waals surface area contributed by atoms with Gasteiger partial charge in [0.05, 0.1) is 11.2 Å². The number of ether oxygens (including phenoxy) is 1. The summed E-state index contributed by atoms with van der Waals surface area (Å²) < 4.78 is 5.19. The van der Waals surface area contributed by atoms with Crippen molar-refractivity contribution in [3.05, 3.63) is 42.1 Å². The van der Waals surface area contributed by atoms with Crippen molar-refractivity contribution in [2.75, 3.05) is 0 Å². The summed E-state index contributed by atoms with van der Waals surface area (Å²) in [5.41, 5.74) is 1.71. The number of pyridine rings is 1. The highest BCUT2D eigenvalue weighted by Gasteiger charge is 2.07. The van der Waals surface area contributed by atoms with Crippen LogP contribution < -0.4 is 0 Å². The average Bonchev–Trinajstić information content (AvgIpc) is 2.35. The highest BCUT2D eigenvalue weighted by atomic mass is 16.5. The maximum Gasteiger partial charge on any atom is 0.306 e. The predicted molar refractivity (Wildman–Crippen MR) is 71.0 cm³/mol. The Labute approximate surface area is 107 Å². The Hall–Kier alpha value is -1.90. The van der Waals surface area contributed by atoms with Crippen LogP contribution in [0, 0.1) is 5.92 Å². The molecule has 0 radical (unpaired) electrons. The monoisotopic (exact) mass is 243 g/mol. The number of carbonyl (C=O) groups excluding carboxylic acids is 1. The van der Waals surface area contributed by atoms with Gasteiger partial charge < -0.3 is 4.74 Å². The fourth-order valence-electron chi connectivity index (χ4n) is 1.74. The van der Waals surface area contributed by atoms with Crippen molar-refractivity contribution in [3.63, 3.8) is 0 Å². The first-order valence-corrected chi connectivity index (χ1v) is 6.15. The van der Waals surface area contributed by atoms with Gasteiger partial charge in [0.25, 0.3) is 0 Å². The normalized spacial score (nSPS) is 10.8. The number of para-hydroxylation sites is 1. The first kappa shape index (κ1) is 12.6. The fraction of sp³-hybridized carbons (Fsp3) is 0.333. The predicted octanol–water partition coefficient (Wildman–Crippen LogP) is 3.32. The lowest BCUT2D eigenvalue weighted by atomic mass is 10.1. The van der Waals surface area contributed by atoms with Crippen molar-refractivity contribution in [1.82, 2.24) is 4.98 Å². The molecular weight excluding hydrogens is 226 g/mol. The van der Waals surface area contributed by atoms with Gasteiger partial charge in [0.15, 0.2) is 0 Å². The van der Waals surface area contributed by atoms with Crippen LogP contribution in [0.15, 0.2) is 36.4 Å². The molecule has 0 aliphatic rings. The van der Waals surface area contributed by atoms with E-state index in [0.29, 0.717) is 12.3 Å². The lowest BCUT2D eigenvalue weighted by Crippen LogP contribution is -2.08. The smallest absolute Gasteiger partial charge is 0.306 e. The Balaban J connectivity index is 2.01. The molecule has 0 aliphatic heterocycles. The Morgan fingerprint density at radius 2 is 2.00 bits per heavy atom. The van der Waals surface area contributed by atoms with Crippen LogP contribution in [0.3, 0.4) is 0 Å². The van der Waals surface area contributed by atoms with E-state index in [1.807, 2.05) is 50.2 Å². The van der Waals surface area contributed by atoms with Crippen molar-refractivity contribution in [1.29, 1.82) is 0 Å². The van der Waals surface area contributed by atoms with Crippen molar-refractivity contribution < 1.29 is 9.53 Å². The Bertz CT molecular complexity index is 549. The van der Waals surface area contributed by atoms with E-state index < -0.39 is 0 Å². The van der Waals surface area contributed by atoms with Crippen LogP contribution >= 0.6 is 0 Å². The second-order valence-corrected chi connectivity index (χ2v) is 4.75. The molecule has 1 aromatic carbocycles. The number of hydrogen-bond donors (Lipinski definition) is 0. The summed E-state index contributed by atoms with van der Waals surface area (Å²) in [5, 5.41) is 1.09. The molecule has 2 aromatic rings. The molecule has 0 N–H and O–H groups in total. The van der Waals surface area contributed by atoms with Crippen molar-refractivity contribution >= 4 is 16.9 Å². The number of carbonyl (C=O) groups is 1. The number of fused-ring (bicyclic) bond motifs is 1. The molecular formula is C15H17NO2. The molecule has 0 saturated carbocycles. The van der Waals surface area contributed by atoms with E-state index in [0.717, 1.165) is 16.6 Å². The van der Waals surface area contributed by atoms with Crippen LogP contribution in [-0.4, -0.2) is 11.0 Å². The largest absolute Gasteiger partial charge is 0.459 e. The summed E-state index contributed by atoms with van der Waals surface area (Å²) in [6.07, 6.45) is 0.452. The molecule has 0 atom stereocenters. The number of nitrogens with zero attached hydrogens (tertiary/aromatic N) is 1. The maximum absolute atomic E-state index is 11.4. The van der Waals surface area contributed by atoms with Gasteiger partial charge in [-0.2, -0.15) is 0 Å². The zero-order valence-corrected chi connectivity index (χ0v) is 10.7. The van der Waals surface area contributed by atoms with Crippen molar-refractivity contribution in [3.8, 4) is 0 Å². The molecule has 2 rings (SSSR count). The number of rotatable bonds is 4. The zero-order chi connectivity index (χ0) is 13.0. The van der Waals surface area contributed by atoms with Crippen LogP contribution in [0.25, 0.3) is 10.9 Å². The van der Waals surface area contributed by atoms with Gasteiger partial charge in [0.1, 0.15) is 6.61 Å². The summed E-state index contributed by atoms with van der Waals surface area (Å²) in [6, 6.07) is 11.8. The van der Waals surface area contributed by atoms with Crippen LogP contribution in [-0.2, 0) is 16.1 Å². The highest BCUT2D eigenvalue weighted by Crippen LogP contribution is 2.12. The van der Waals surface area contributed by atoms with E-state index in [9.17, 15) is 4.79 Å². The average molecular weight is 243 g/mol. The lowest BCUT2D eigenvalue weighted by molar-refractivity contribution is -0.145. The number of esters is 1. The second kappa shape index (κ2) is 5.63. The van der Waals surface area contributed by atoms with Gasteiger partial charge in [0.2, 0.25) is 0 Å². The molecule has 18 heavy (non-hydrogen) atoms. The van der Waals surface area contributed by atoms with Gasteiger partial charge in [-0.15, -0.1) is 0 Å². The van der Waals surface area contributed by atoms with E-state index in [1.165, 1.54) is 0 Å². The number of aromatic nitrogens is 1. The molecule has 1 heterocycles. The van der Waals surface area contributed by atoms with Crippen molar-refractivity contribution in [2.24, 2.45) is 5.92 Å². The second-order valence-electron chi connectivity index (χ2n) is 4.75. The number of benzene rings is 1. The molecule has 3 nitrogen and oxygen atoms in total. The van der Waals surface area contributed by atoms with Gasteiger partial charge >= 0.3 is 5.97 Å². The fourth-order valence-corrected chi connectivity index (χ4v) is 1.74. The Morgan fingerprint density at radius 3 is 2.78 bits per heavy atom. The standard InChI is InChI=1S/C15H17NO2/c1-11(2)9-15(17)18-10-13-8-7-12-5-3-4-6-14(12)16-13/h3-8,11H,9-10H2,1-2H3. The molecule has 0 bridgehead atoms. The summed E-state index contributed by atoms with van der Waals surface area (Å²) in [4.78, 5) is 15.9. The summed E-state index contributed by atoms with van der Waals surface area (Å²) in [6.45, 7) is 4.24. The molecule has 3 heteroatoms. The van der Waals surface area contributed by atoms with E-state index >= 15 is 0 Å². The molecule has 0 unspecified atom stereocenters. The van der Waals surface area contributed by atoms with E-state index in [-0.39, 0.29) is 12.6 Å². The number of hydrogen-bond acceptors (Lipinski definition) is 3. The highest BCUT2D eigenvalue weighted by molar-refractivity contribution is 5.78. The van der Waals surface area contributed by atoms with Gasteiger partial charge in [-0.25, -0.2) is 4.98 Å². The SMILES string of the molecule is CC(C)CC(=O)OCc1ccc2ccccc2n1. The molecule has 0 fully saturated rings. The van der Waals surface area contributed by atoms with Crippen LogP contribution in [0.4, 0.5) is 0 Å². The Kier molecular flexibility index (Phi) is 3.92. The molecule has 1 aromatic heterocycles. The van der Waals surface area contributed by atoms with E-state index in [1.54, 1.807) is 0 Å². The molecule has 94 valence electrons. The topological polar surface area (TPSA) is 39.2 Å².